The fourth-order valence-corrected chi connectivity index (χ4v) is 3.51. The predicted octanol–water partition coefficient (Wildman–Crippen LogP) is 0.842. The number of primary sulfonamides is 1. The number of rotatable bonds is 8. The van der Waals surface area contributed by atoms with Crippen LogP contribution >= 0.6 is 0 Å². The van der Waals surface area contributed by atoms with Crippen LogP contribution < -0.4 is 9.86 Å². The molecule has 0 heterocycles. The van der Waals surface area contributed by atoms with Crippen molar-refractivity contribution in [1.82, 2.24) is 4.72 Å². The Hall–Kier alpha value is -0.960. The second kappa shape index (κ2) is 7.35. The molecule has 3 N–H and O–H groups in total. The number of nitrogens with two attached hydrogens (primary N) is 1. The summed E-state index contributed by atoms with van der Waals surface area (Å²) in [7, 11) is -6.93. The fourth-order valence-electron chi connectivity index (χ4n) is 1.66. The molecule has 0 unspecified atom stereocenters. The lowest BCUT2D eigenvalue weighted by Crippen LogP contribution is -2.28. The highest BCUT2D eigenvalue weighted by atomic mass is 32.2. The summed E-state index contributed by atoms with van der Waals surface area (Å²) in [5.41, 5.74) is 0.842. The van der Waals surface area contributed by atoms with E-state index in [4.69, 9.17) is 5.14 Å². The van der Waals surface area contributed by atoms with Crippen LogP contribution in [0.2, 0.25) is 0 Å². The van der Waals surface area contributed by atoms with Crippen LogP contribution in [0.15, 0.2) is 29.2 Å². The predicted molar refractivity (Wildman–Crippen MR) is 82.8 cm³/mol. The first-order valence-electron chi connectivity index (χ1n) is 6.69. The van der Waals surface area contributed by atoms with E-state index in [0.717, 1.165) is 5.56 Å². The summed E-state index contributed by atoms with van der Waals surface area (Å²) < 4.78 is 48.2. The number of nitrogens with one attached hydrogen (secondary N) is 1. The van der Waals surface area contributed by atoms with Crippen molar-refractivity contribution in [2.24, 2.45) is 11.1 Å². The second-order valence-corrected chi connectivity index (χ2v) is 8.82. The molecule has 0 atom stereocenters. The first-order valence-corrected chi connectivity index (χ1v) is 9.89. The van der Waals surface area contributed by atoms with E-state index in [1.54, 1.807) is 12.1 Å². The molecule has 0 spiro atoms. The third-order valence-corrected chi connectivity index (χ3v) is 5.30. The molecule has 1 rings (SSSR count). The highest BCUT2D eigenvalue weighted by Gasteiger charge is 2.11. The third kappa shape index (κ3) is 7.03. The Bertz CT molecular complexity index is 650. The maximum atomic E-state index is 11.7. The Morgan fingerprint density at radius 1 is 1.10 bits per heavy atom. The molecule has 0 radical (unpaired) electrons. The van der Waals surface area contributed by atoms with Crippen molar-refractivity contribution in [3.63, 3.8) is 0 Å². The first kappa shape index (κ1) is 18.1. The molecule has 0 saturated heterocycles. The van der Waals surface area contributed by atoms with E-state index in [9.17, 15) is 16.8 Å². The molecule has 1 aromatic rings. The lowest BCUT2D eigenvalue weighted by molar-refractivity contribution is 0.562. The minimum atomic E-state index is -3.69. The zero-order chi connectivity index (χ0) is 16.1. The van der Waals surface area contributed by atoms with Crippen LogP contribution in [0.3, 0.4) is 0 Å². The van der Waals surface area contributed by atoms with Crippen molar-refractivity contribution in [3.8, 4) is 0 Å². The average molecular weight is 334 g/mol. The number of benzene rings is 1. The summed E-state index contributed by atoms with van der Waals surface area (Å²) in [4.78, 5) is 0.0452. The highest BCUT2D eigenvalue weighted by Crippen LogP contribution is 2.09. The largest absolute Gasteiger partial charge is 0.238 e. The Balaban J connectivity index is 2.49. The van der Waals surface area contributed by atoms with Crippen LogP contribution in [0.25, 0.3) is 0 Å². The van der Waals surface area contributed by atoms with E-state index in [1.165, 1.54) is 12.1 Å². The molecule has 0 bridgehead atoms. The molecule has 0 aliphatic carbocycles. The maximum Gasteiger partial charge on any atom is 0.238 e. The zero-order valence-corrected chi connectivity index (χ0v) is 13.9. The third-order valence-electron chi connectivity index (χ3n) is 2.95. The second-order valence-electron chi connectivity index (χ2n) is 5.33. The van der Waals surface area contributed by atoms with Crippen molar-refractivity contribution in [2.75, 3.05) is 12.3 Å². The average Bonchev–Trinajstić information content (AvgIpc) is 2.36. The minimum Gasteiger partial charge on any atom is -0.225 e. The van der Waals surface area contributed by atoms with Crippen molar-refractivity contribution in [1.29, 1.82) is 0 Å². The first-order chi connectivity index (χ1) is 9.60. The summed E-state index contributed by atoms with van der Waals surface area (Å²) in [6, 6.07) is 6.08. The van der Waals surface area contributed by atoms with Gasteiger partial charge in [0.15, 0.2) is 0 Å². The van der Waals surface area contributed by atoms with Crippen LogP contribution in [-0.4, -0.2) is 29.1 Å². The Kier molecular flexibility index (Phi) is 6.33. The molecule has 1 aromatic carbocycles. The van der Waals surface area contributed by atoms with Crippen LogP contribution in [0.1, 0.15) is 25.8 Å². The Morgan fingerprint density at radius 2 is 1.67 bits per heavy atom. The van der Waals surface area contributed by atoms with Gasteiger partial charge in [-0.3, -0.25) is 0 Å². The van der Waals surface area contributed by atoms with Gasteiger partial charge < -0.3 is 0 Å². The lowest BCUT2D eigenvalue weighted by atomic mass is 10.2. The van der Waals surface area contributed by atoms with E-state index in [1.807, 2.05) is 13.8 Å². The van der Waals surface area contributed by atoms with Gasteiger partial charge in [0.05, 0.1) is 10.6 Å². The van der Waals surface area contributed by atoms with Gasteiger partial charge in [-0.05, 0) is 36.5 Å². The van der Waals surface area contributed by atoms with Gasteiger partial charge in [0.25, 0.3) is 0 Å². The van der Waals surface area contributed by atoms with E-state index >= 15 is 0 Å². The normalized spacial score (nSPS) is 12.8. The minimum absolute atomic E-state index is 0.0452. The van der Waals surface area contributed by atoms with Crippen molar-refractivity contribution in [3.05, 3.63) is 29.8 Å². The lowest BCUT2D eigenvalue weighted by Gasteiger charge is -2.08. The number of hydrogen-bond donors (Lipinski definition) is 2. The fraction of sp³-hybridized carbons (Fsp3) is 0.538. The van der Waals surface area contributed by atoms with Gasteiger partial charge >= 0.3 is 0 Å². The SMILES string of the molecule is CC(C)CCS(=O)(=O)NCCc1ccc(S(N)(=O)=O)cc1. The molecule has 0 aliphatic rings. The molecular formula is C13H22N2O4S2. The molecule has 8 heteroatoms. The monoisotopic (exact) mass is 334 g/mol. The number of hydrogen-bond acceptors (Lipinski definition) is 4. The summed E-state index contributed by atoms with van der Waals surface area (Å²) in [6.45, 7) is 4.24. The molecule has 0 aliphatic heterocycles. The highest BCUT2D eigenvalue weighted by molar-refractivity contribution is 7.89. The van der Waals surface area contributed by atoms with Crippen LogP contribution in [0.5, 0.6) is 0 Å². The smallest absolute Gasteiger partial charge is 0.225 e. The van der Waals surface area contributed by atoms with Gasteiger partial charge in [0.1, 0.15) is 0 Å². The van der Waals surface area contributed by atoms with Crippen molar-refractivity contribution in [2.45, 2.75) is 31.6 Å². The summed E-state index contributed by atoms with van der Waals surface area (Å²) in [6.07, 6.45) is 1.12. The Labute approximate surface area is 126 Å². The molecule has 0 fully saturated rings. The van der Waals surface area contributed by atoms with E-state index in [0.29, 0.717) is 18.8 Å². The molecule has 120 valence electrons. The quantitative estimate of drug-likeness (QED) is 0.734. The molecule has 0 aromatic heterocycles. The van der Waals surface area contributed by atoms with Gasteiger partial charge in [0, 0.05) is 6.54 Å². The molecular weight excluding hydrogens is 312 g/mol. The van der Waals surface area contributed by atoms with Gasteiger partial charge in [-0.1, -0.05) is 26.0 Å². The van der Waals surface area contributed by atoms with Crippen LogP contribution in [0, 0.1) is 5.92 Å². The van der Waals surface area contributed by atoms with Gasteiger partial charge in [-0.15, -0.1) is 0 Å². The molecule has 6 nitrogen and oxygen atoms in total. The summed E-state index contributed by atoms with van der Waals surface area (Å²) in [5.74, 6) is 0.460. The van der Waals surface area contributed by atoms with Gasteiger partial charge in [0.2, 0.25) is 20.0 Å². The van der Waals surface area contributed by atoms with Gasteiger partial charge in [-0.25, -0.2) is 26.7 Å². The summed E-state index contributed by atoms with van der Waals surface area (Å²) in [5, 5.41) is 5.00. The van der Waals surface area contributed by atoms with E-state index < -0.39 is 20.0 Å². The summed E-state index contributed by atoms with van der Waals surface area (Å²) >= 11 is 0. The number of sulfonamides is 2. The van der Waals surface area contributed by atoms with E-state index in [2.05, 4.69) is 4.72 Å². The van der Waals surface area contributed by atoms with Crippen LogP contribution in [0.4, 0.5) is 0 Å². The molecule has 0 amide bonds. The standard InChI is InChI=1S/C13H22N2O4S2/c1-11(2)8-10-20(16,17)15-9-7-12-3-5-13(6-4-12)21(14,18)19/h3-6,11,15H,7-10H2,1-2H3,(H2,14,18,19). The molecule has 21 heavy (non-hydrogen) atoms. The topological polar surface area (TPSA) is 106 Å². The van der Waals surface area contributed by atoms with Crippen LogP contribution in [-0.2, 0) is 26.5 Å². The van der Waals surface area contributed by atoms with Crippen molar-refractivity contribution < 1.29 is 16.8 Å². The molecule has 0 saturated carbocycles. The maximum absolute atomic E-state index is 11.7. The zero-order valence-electron chi connectivity index (χ0n) is 12.2. The van der Waals surface area contributed by atoms with Gasteiger partial charge in [-0.2, -0.15) is 0 Å². The Morgan fingerprint density at radius 3 is 2.14 bits per heavy atom. The van der Waals surface area contributed by atoms with E-state index in [-0.39, 0.29) is 17.2 Å². The van der Waals surface area contributed by atoms with Crippen molar-refractivity contribution >= 4 is 20.0 Å².